The van der Waals surface area contributed by atoms with Gasteiger partial charge >= 0.3 is 0 Å². The van der Waals surface area contributed by atoms with Gasteiger partial charge in [-0.15, -0.1) is 0 Å². The van der Waals surface area contributed by atoms with E-state index in [2.05, 4.69) is 37.9 Å². The van der Waals surface area contributed by atoms with Crippen molar-refractivity contribution in [1.29, 1.82) is 0 Å². The van der Waals surface area contributed by atoms with Gasteiger partial charge in [0.1, 0.15) is 10.5 Å². The SMILES string of the molecule is CC(C)N(CCNCO[SiH3])C(C)C. The lowest BCUT2D eigenvalue weighted by Gasteiger charge is -2.30. The topological polar surface area (TPSA) is 24.5 Å². The Bertz CT molecular complexity index is 112. The van der Waals surface area contributed by atoms with E-state index in [4.69, 9.17) is 4.43 Å². The van der Waals surface area contributed by atoms with Gasteiger partial charge in [-0.2, -0.15) is 0 Å². The van der Waals surface area contributed by atoms with E-state index in [-0.39, 0.29) is 0 Å². The molecule has 0 bridgehead atoms. The first-order valence-corrected chi connectivity index (χ1v) is 5.86. The van der Waals surface area contributed by atoms with Crippen LogP contribution in [-0.4, -0.2) is 47.3 Å². The van der Waals surface area contributed by atoms with Gasteiger partial charge in [0.05, 0.1) is 6.73 Å². The summed E-state index contributed by atoms with van der Waals surface area (Å²) >= 11 is 0. The highest BCUT2D eigenvalue weighted by molar-refractivity contribution is 5.97. The van der Waals surface area contributed by atoms with Crippen LogP contribution in [0.3, 0.4) is 0 Å². The highest BCUT2D eigenvalue weighted by Crippen LogP contribution is 2.02. The van der Waals surface area contributed by atoms with Crippen LogP contribution in [0.5, 0.6) is 0 Å². The molecular weight excluding hydrogens is 180 g/mol. The molecule has 0 aromatic carbocycles. The van der Waals surface area contributed by atoms with E-state index in [9.17, 15) is 0 Å². The van der Waals surface area contributed by atoms with Gasteiger partial charge in [-0.1, -0.05) is 0 Å². The van der Waals surface area contributed by atoms with E-state index in [1.54, 1.807) is 0 Å². The molecule has 3 nitrogen and oxygen atoms in total. The molecule has 0 aliphatic rings. The van der Waals surface area contributed by atoms with E-state index in [0.717, 1.165) is 23.6 Å². The molecule has 0 radical (unpaired) electrons. The van der Waals surface area contributed by atoms with Gasteiger partial charge in [-0.3, -0.25) is 10.2 Å². The Balaban J connectivity index is 3.58. The molecule has 0 saturated carbocycles. The van der Waals surface area contributed by atoms with E-state index < -0.39 is 0 Å². The van der Waals surface area contributed by atoms with Crippen molar-refractivity contribution in [2.24, 2.45) is 0 Å². The lowest BCUT2D eigenvalue weighted by Crippen LogP contribution is -2.41. The van der Waals surface area contributed by atoms with Crippen LogP contribution >= 0.6 is 0 Å². The van der Waals surface area contributed by atoms with Gasteiger partial charge in [0, 0.05) is 25.2 Å². The summed E-state index contributed by atoms with van der Waals surface area (Å²) in [7, 11) is 0.819. The molecule has 0 fully saturated rings. The highest BCUT2D eigenvalue weighted by atomic mass is 28.2. The molecule has 0 aromatic heterocycles. The Hall–Kier alpha value is 0.0969. The summed E-state index contributed by atoms with van der Waals surface area (Å²) < 4.78 is 5.05. The molecular formula is C9H24N2OSi. The molecule has 80 valence electrons. The van der Waals surface area contributed by atoms with Gasteiger partial charge < -0.3 is 4.43 Å². The Morgan fingerprint density at radius 2 is 1.77 bits per heavy atom. The van der Waals surface area contributed by atoms with Crippen LogP contribution in [0.2, 0.25) is 0 Å². The first kappa shape index (κ1) is 13.1. The first-order chi connectivity index (χ1) is 6.09. The lowest BCUT2D eigenvalue weighted by molar-refractivity contribution is 0.170. The maximum absolute atomic E-state index is 5.05. The number of nitrogens with one attached hydrogen (secondary N) is 1. The second-order valence-corrected chi connectivity index (χ2v) is 4.44. The smallest absolute Gasteiger partial charge is 0.147 e. The third-order valence-electron chi connectivity index (χ3n) is 2.12. The highest BCUT2D eigenvalue weighted by Gasteiger charge is 2.11. The minimum absolute atomic E-state index is 0.624. The van der Waals surface area contributed by atoms with Crippen molar-refractivity contribution in [1.82, 2.24) is 10.2 Å². The van der Waals surface area contributed by atoms with Crippen LogP contribution in [0.1, 0.15) is 27.7 Å². The average Bonchev–Trinajstić information content (AvgIpc) is 2.02. The van der Waals surface area contributed by atoms with Crippen LogP contribution in [0.15, 0.2) is 0 Å². The monoisotopic (exact) mass is 204 g/mol. The molecule has 0 atom stereocenters. The first-order valence-electron chi connectivity index (χ1n) is 5.05. The van der Waals surface area contributed by atoms with Gasteiger partial charge in [-0.05, 0) is 27.7 Å². The fraction of sp³-hybridized carbons (Fsp3) is 1.00. The van der Waals surface area contributed by atoms with Crippen molar-refractivity contribution in [3.63, 3.8) is 0 Å². The Labute approximate surface area is 85.4 Å². The maximum atomic E-state index is 5.05. The van der Waals surface area contributed by atoms with Gasteiger partial charge in [-0.25, -0.2) is 0 Å². The minimum atomic E-state index is 0.624. The molecule has 0 spiro atoms. The van der Waals surface area contributed by atoms with Crippen LogP contribution in [0, 0.1) is 0 Å². The van der Waals surface area contributed by atoms with E-state index in [0.29, 0.717) is 18.8 Å². The minimum Gasteiger partial charge on any atom is -0.415 e. The van der Waals surface area contributed by atoms with Crippen LogP contribution in [-0.2, 0) is 4.43 Å². The molecule has 0 rings (SSSR count). The van der Waals surface area contributed by atoms with Gasteiger partial charge in [0.2, 0.25) is 0 Å². The summed E-state index contributed by atoms with van der Waals surface area (Å²) in [5.41, 5.74) is 0. The van der Waals surface area contributed by atoms with Crippen molar-refractivity contribution in [2.75, 3.05) is 19.8 Å². The number of hydrogen-bond donors (Lipinski definition) is 1. The molecule has 0 amide bonds. The van der Waals surface area contributed by atoms with Crippen LogP contribution in [0.4, 0.5) is 0 Å². The molecule has 4 heteroatoms. The maximum Gasteiger partial charge on any atom is 0.147 e. The van der Waals surface area contributed by atoms with E-state index >= 15 is 0 Å². The molecule has 1 N–H and O–H groups in total. The molecule has 0 saturated heterocycles. The quantitative estimate of drug-likeness (QED) is 0.357. The molecule has 0 aliphatic carbocycles. The standard InChI is InChI=1S/C9H24N2OSi/c1-8(2)11(9(3)4)6-5-10-7-12-13/h8-10H,5-7H2,1-4,13H3. The van der Waals surface area contributed by atoms with Crippen molar-refractivity contribution in [3.05, 3.63) is 0 Å². The summed E-state index contributed by atoms with van der Waals surface area (Å²) in [6.07, 6.45) is 0. The van der Waals surface area contributed by atoms with E-state index in [1.807, 2.05) is 0 Å². The largest absolute Gasteiger partial charge is 0.415 e. The summed E-state index contributed by atoms with van der Waals surface area (Å²) in [4.78, 5) is 2.47. The second kappa shape index (κ2) is 7.50. The van der Waals surface area contributed by atoms with E-state index in [1.165, 1.54) is 0 Å². The summed E-state index contributed by atoms with van der Waals surface area (Å²) in [6, 6.07) is 1.25. The summed E-state index contributed by atoms with van der Waals surface area (Å²) in [6.45, 7) is 11.8. The number of nitrogens with zero attached hydrogens (tertiary/aromatic N) is 1. The van der Waals surface area contributed by atoms with Crippen molar-refractivity contribution in [2.45, 2.75) is 39.8 Å². The zero-order valence-corrected chi connectivity index (χ0v) is 11.6. The predicted molar refractivity (Wildman–Crippen MR) is 60.9 cm³/mol. The zero-order chi connectivity index (χ0) is 10.3. The fourth-order valence-electron chi connectivity index (χ4n) is 1.50. The summed E-state index contributed by atoms with van der Waals surface area (Å²) in [5.74, 6) is 0. The second-order valence-electron chi connectivity index (χ2n) is 3.86. The van der Waals surface area contributed by atoms with Crippen LogP contribution in [0.25, 0.3) is 0 Å². The van der Waals surface area contributed by atoms with Crippen molar-refractivity contribution >= 4 is 10.5 Å². The van der Waals surface area contributed by atoms with Gasteiger partial charge in [0.25, 0.3) is 0 Å². The van der Waals surface area contributed by atoms with Crippen LogP contribution < -0.4 is 5.32 Å². The third kappa shape index (κ3) is 6.21. The predicted octanol–water partition coefficient (Wildman–Crippen LogP) is -0.0507. The third-order valence-corrected chi connectivity index (χ3v) is 2.41. The number of hydrogen-bond acceptors (Lipinski definition) is 3. The molecule has 13 heavy (non-hydrogen) atoms. The molecule has 0 aliphatic heterocycles. The summed E-state index contributed by atoms with van der Waals surface area (Å²) in [5, 5.41) is 3.25. The average molecular weight is 204 g/mol. The van der Waals surface area contributed by atoms with Gasteiger partial charge in [0.15, 0.2) is 0 Å². The fourth-order valence-corrected chi connectivity index (χ4v) is 1.70. The van der Waals surface area contributed by atoms with Crippen molar-refractivity contribution in [3.8, 4) is 0 Å². The molecule has 0 aromatic rings. The number of rotatable bonds is 7. The Morgan fingerprint density at radius 1 is 1.23 bits per heavy atom. The normalized spacial score (nSPS) is 12.2. The zero-order valence-electron chi connectivity index (χ0n) is 9.63. The molecule has 0 heterocycles. The lowest BCUT2D eigenvalue weighted by atomic mass is 10.2. The Kier molecular flexibility index (Phi) is 7.55. The molecule has 0 unspecified atom stereocenters. The van der Waals surface area contributed by atoms with Crippen molar-refractivity contribution < 1.29 is 4.43 Å². The Morgan fingerprint density at radius 3 is 2.15 bits per heavy atom.